The van der Waals surface area contributed by atoms with Crippen LogP contribution in [-0.4, -0.2) is 16.9 Å². The topological polar surface area (TPSA) is 51.3 Å². The van der Waals surface area contributed by atoms with Gasteiger partial charge < -0.3 is 5.73 Å². The number of aliphatic imine (C=N–C) groups is 1. The van der Waals surface area contributed by atoms with Gasteiger partial charge in [0.05, 0.1) is 11.9 Å². The van der Waals surface area contributed by atoms with Gasteiger partial charge in [0.25, 0.3) is 0 Å². The summed E-state index contributed by atoms with van der Waals surface area (Å²) in [6.07, 6.45) is 8.50. The van der Waals surface area contributed by atoms with Crippen molar-refractivity contribution in [1.29, 1.82) is 0 Å². The normalized spacial score (nSPS) is 20.0. The third kappa shape index (κ3) is 4.73. The largest absolute Gasteiger partial charge is 0.387 e. The highest BCUT2D eigenvalue weighted by Gasteiger charge is 2.11. The molecule has 0 aliphatic carbocycles. The van der Waals surface area contributed by atoms with E-state index in [4.69, 9.17) is 5.73 Å². The van der Waals surface area contributed by atoms with E-state index < -0.39 is 0 Å². The predicted octanol–water partition coefficient (Wildman–Crippen LogP) is 2.74. The lowest BCUT2D eigenvalue weighted by Gasteiger charge is -2.09. The van der Waals surface area contributed by atoms with Crippen molar-refractivity contribution < 1.29 is 0 Å². The molecule has 17 heavy (non-hydrogen) atoms. The quantitative estimate of drug-likeness (QED) is 0.901. The lowest BCUT2D eigenvalue weighted by atomic mass is 10.0. The minimum absolute atomic E-state index is 0. The Labute approximate surface area is 109 Å². The number of hydrogen-bond acceptors (Lipinski definition) is 3. The van der Waals surface area contributed by atoms with Crippen molar-refractivity contribution in [3.05, 3.63) is 30.1 Å². The summed E-state index contributed by atoms with van der Waals surface area (Å²) in [7, 11) is 0. The second kappa shape index (κ2) is 7.28. The Kier molecular flexibility index (Phi) is 5.98. The summed E-state index contributed by atoms with van der Waals surface area (Å²) in [5, 5.41) is 0. The van der Waals surface area contributed by atoms with Crippen molar-refractivity contribution in [3.63, 3.8) is 0 Å². The van der Waals surface area contributed by atoms with E-state index in [-0.39, 0.29) is 12.4 Å². The van der Waals surface area contributed by atoms with E-state index in [0.717, 1.165) is 30.8 Å². The second-order valence-electron chi connectivity index (χ2n) is 4.38. The molecule has 1 aliphatic heterocycles. The maximum atomic E-state index is 5.83. The summed E-state index contributed by atoms with van der Waals surface area (Å²) in [5.41, 5.74) is 6.98. The third-order valence-corrected chi connectivity index (χ3v) is 3.03. The smallest absolute Gasteiger partial charge is 0.0940 e. The molecule has 0 bridgehead atoms. The van der Waals surface area contributed by atoms with Crippen molar-refractivity contribution in [1.82, 2.24) is 4.98 Å². The zero-order valence-electron chi connectivity index (χ0n) is 10.0. The van der Waals surface area contributed by atoms with Gasteiger partial charge in [-0.25, -0.2) is 0 Å². The molecule has 2 rings (SSSR count). The number of nitrogens with zero attached hydrogens (tertiary/aromatic N) is 2. The Morgan fingerprint density at radius 3 is 2.94 bits per heavy atom. The zero-order valence-corrected chi connectivity index (χ0v) is 10.8. The first-order valence-corrected chi connectivity index (χ1v) is 6.06. The Morgan fingerprint density at radius 1 is 1.29 bits per heavy atom. The van der Waals surface area contributed by atoms with Crippen molar-refractivity contribution >= 4 is 18.2 Å². The van der Waals surface area contributed by atoms with Crippen LogP contribution in [0.15, 0.2) is 29.4 Å². The van der Waals surface area contributed by atoms with Gasteiger partial charge >= 0.3 is 0 Å². The molecule has 0 amide bonds. The van der Waals surface area contributed by atoms with Gasteiger partial charge in [-0.3, -0.25) is 9.98 Å². The van der Waals surface area contributed by atoms with E-state index in [2.05, 4.69) is 16.0 Å². The van der Waals surface area contributed by atoms with Crippen LogP contribution in [0.3, 0.4) is 0 Å². The van der Waals surface area contributed by atoms with E-state index in [0.29, 0.717) is 6.04 Å². The van der Waals surface area contributed by atoms with Crippen LogP contribution in [0.25, 0.3) is 0 Å². The highest BCUT2D eigenvalue weighted by Crippen LogP contribution is 2.16. The van der Waals surface area contributed by atoms with Crippen LogP contribution in [-0.2, 0) is 6.42 Å². The van der Waals surface area contributed by atoms with Crippen molar-refractivity contribution in [3.8, 4) is 0 Å². The number of amidine groups is 1. The number of hydrogen-bond donors (Lipinski definition) is 1. The molecule has 0 aromatic carbocycles. The number of pyridine rings is 1. The molecule has 2 N–H and O–H groups in total. The molecular formula is C13H20ClN3. The standard InChI is InChI=1S/C13H19N3.ClH/c14-13-7-2-1-6-12(16-13)9-8-11-5-3-4-10-15-11;/h3-5,10,12H,1-2,6-9H2,(H2,14,16);1H. The average molecular weight is 254 g/mol. The van der Waals surface area contributed by atoms with Gasteiger partial charge in [-0.05, 0) is 37.8 Å². The SMILES string of the molecule is Cl.NC1=NC(CCc2ccccn2)CCCC1. The van der Waals surface area contributed by atoms with Gasteiger partial charge in [-0.1, -0.05) is 12.5 Å². The van der Waals surface area contributed by atoms with Crippen LogP contribution >= 0.6 is 12.4 Å². The molecule has 1 aliphatic rings. The van der Waals surface area contributed by atoms with Gasteiger partial charge in [-0.2, -0.15) is 0 Å². The summed E-state index contributed by atoms with van der Waals surface area (Å²) in [6.45, 7) is 0. The molecule has 3 nitrogen and oxygen atoms in total. The summed E-state index contributed by atoms with van der Waals surface area (Å²) in [5.74, 6) is 0.837. The molecule has 1 aromatic rings. The fraction of sp³-hybridized carbons (Fsp3) is 0.538. The molecule has 1 aromatic heterocycles. The zero-order chi connectivity index (χ0) is 11.2. The monoisotopic (exact) mass is 253 g/mol. The van der Waals surface area contributed by atoms with Crippen molar-refractivity contribution in [2.45, 2.75) is 44.6 Å². The molecule has 2 heterocycles. The van der Waals surface area contributed by atoms with Crippen molar-refractivity contribution in [2.24, 2.45) is 10.7 Å². The highest BCUT2D eigenvalue weighted by atomic mass is 35.5. The molecule has 0 saturated carbocycles. The van der Waals surface area contributed by atoms with E-state index in [9.17, 15) is 0 Å². The van der Waals surface area contributed by atoms with Crippen LogP contribution in [0, 0.1) is 0 Å². The van der Waals surface area contributed by atoms with Gasteiger partial charge in [0.2, 0.25) is 0 Å². The molecule has 1 atom stereocenters. The molecule has 0 spiro atoms. The van der Waals surface area contributed by atoms with Crippen LogP contribution in [0.5, 0.6) is 0 Å². The first-order valence-electron chi connectivity index (χ1n) is 6.06. The third-order valence-electron chi connectivity index (χ3n) is 3.03. The average Bonchev–Trinajstić information content (AvgIpc) is 2.52. The van der Waals surface area contributed by atoms with Crippen LogP contribution in [0.1, 0.15) is 37.8 Å². The molecule has 0 saturated heterocycles. The van der Waals surface area contributed by atoms with Gasteiger partial charge in [0, 0.05) is 18.3 Å². The Balaban J connectivity index is 0.00000144. The minimum atomic E-state index is 0. The Morgan fingerprint density at radius 2 is 2.18 bits per heavy atom. The number of halogens is 1. The molecule has 0 fully saturated rings. The van der Waals surface area contributed by atoms with E-state index in [1.165, 1.54) is 19.3 Å². The molecular weight excluding hydrogens is 234 g/mol. The molecule has 1 unspecified atom stereocenters. The lowest BCUT2D eigenvalue weighted by Crippen LogP contribution is -2.14. The van der Waals surface area contributed by atoms with E-state index in [1.54, 1.807) is 0 Å². The number of aryl methyl sites for hydroxylation is 1. The van der Waals surface area contributed by atoms with Crippen LogP contribution < -0.4 is 5.73 Å². The molecule has 94 valence electrons. The maximum Gasteiger partial charge on any atom is 0.0940 e. The summed E-state index contributed by atoms with van der Waals surface area (Å²) in [6, 6.07) is 6.46. The van der Waals surface area contributed by atoms with Gasteiger partial charge in [-0.15, -0.1) is 12.4 Å². The first-order chi connectivity index (χ1) is 7.84. The lowest BCUT2D eigenvalue weighted by molar-refractivity contribution is 0.550. The Bertz CT molecular complexity index is 351. The Hall–Kier alpha value is -1.09. The van der Waals surface area contributed by atoms with E-state index in [1.807, 2.05) is 18.3 Å². The first kappa shape index (κ1) is 14.0. The van der Waals surface area contributed by atoms with Crippen LogP contribution in [0.2, 0.25) is 0 Å². The predicted molar refractivity (Wildman–Crippen MR) is 73.7 cm³/mol. The second-order valence-corrected chi connectivity index (χ2v) is 4.38. The number of nitrogens with two attached hydrogens (primary N) is 1. The van der Waals surface area contributed by atoms with Crippen molar-refractivity contribution in [2.75, 3.05) is 0 Å². The number of aromatic nitrogens is 1. The fourth-order valence-corrected chi connectivity index (χ4v) is 2.12. The number of rotatable bonds is 3. The van der Waals surface area contributed by atoms with Gasteiger partial charge in [0.1, 0.15) is 0 Å². The summed E-state index contributed by atoms with van der Waals surface area (Å²) in [4.78, 5) is 8.88. The summed E-state index contributed by atoms with van der Waals surface area (Å²) >= 11 is 0. The van der Waals surface area contributed by atoms with Crippen LogP contribution in [0.4, 0.5) is 0 Å². The maximum absolute atomic E-state index is 5.83. The highest BCUT2D eigenvalue weighted by molar-refractivity contribution is 5.85. The minimum Gasteiger partial charge on any atom is -0.387 e. The summed E-state index contributed by atoms with van der Waals surface area (Å²) < 4.78 is 0. The van der Waals surface area contributed by atoms with E-state index >= 15 is 0 Å². The van der Waals surface area contributed by atoms with Gasteiger partial charge in [0.15, 0.2) is 0 Å². The fourth-order valence-electron chi connectivity index (χ4n) is 2.12. The molecule has 0 radical (unpaired) electrons. The molecule has 4 heteroatoms.